The second-order valence-corrected chi connectivity index (χ2v) is 3.94. The molecule has 2 nitrogen and oxygen atoms in total. The lowest BCUT2D eigenvalue weighted by Crippen LogP contribution is -2.37. The topological polar surface area (TPSA) is 23.1 Å². The lowest BCUT2D eigenvalue weighted by Gasteiger charge is -2.28. The second kappa shape index (κ2) is 3.34. The summed E-state index contributed by atoms with van der Waals surface area (Å²) < 4.78 is 12.5. The van der Waals surface area contributed by atoms with E-state index in [0.717, 1.165) is 5.06 Å². The Bertz CT molecular complexity index is 276. The highest BCUT2D eigenvalue weighted by molar-refractivity contribution is 5.45. The molecular weight excluding hydrogens is 169 g/mol. The lowest BCUT2D eigenvalue weighted by atomic mass is 10.1. The van der Waals surface area contributed by atoms with Crippen molar-refractivity contribution >= 4 is 5.69 Å². The summed E-state index contributed by atoms with van der Waals surface area (Å²) in [5, 5.41) is 12.4. The maximum Gasteiger partial charge on any atom is 0.123 e. The zero-order valence-corrected chi connectivity index (χ0v) is 8.04. The van der Waals surface area contributed by atoms with Crippen LogP contribution < -0.4 is 5.06 Å². The molecular formula is C10H13FNO. The molecule has 0 aliphatic heterocycles. The second-order valence-electron chi connectivity index (χ2n) is 3.94. The summed E-state index contributed by atoms with van der Waals surface area (Å²) in [6, 6.07) is 5.53. The number of hydrogen-bond acceptors (Lipinski definition) is 1. The Kier molecular flexibility index (Phi) is 2.57. The third kappa shape index (κ3) is 2.42. The van der Waals surface area contributed by atoms with Crippen molar-refractivity contribution < 1.29 is 9.60 Å². The maximum atomic E-state index is 12.5. The summed E-state index contributed by atoms with van der Waals surface area (Å²) in [5.41, 5.74) is -0.00780. The third-order valence-electron chi connectivity index (χ3n) is 1.67. The smallest absolute Gasteiger partial charge is 0.123 e. The van der Waals surface area contributed by atoms with Crippen molar-refractivity contribution in [2.75, 3.05) is 5.06 Å². The summed E-state index contributed by atoms with van der Waals surface area (Å²) in [6.45, 7) is 5.43. The van der Waals surface area contributed by atoms with Crippen LogP contribution in [0.4, 0.5) is 10.1 Å². The fourth-order valence-corrected chi connectivity index (χ4v) is 0.964. The molecule has 13 heavy (non-hydrogen) atoms. The Morgan fingerprint density at radius 3 is 2.00 bits per heavy atom. The number of rotatable bonds is 1. The van der Waals surface area contributed by atoms with Crippen LogP contribution in [0.3, 0.4) is 0 Å². The van der Waals surface area contributed by atoms with Crippen LogP contribution in [-0.4, -0.2) is 5.54 Å². The van der Waals surface area contributed by atoms with Crippen LogP contribution in [0.1, 0.15) is 20.8 Å². The normalized spacial score (nSPS) is 11.5. The number of nitrogens with zero attached hydrogens (tertiary/aromatic N) is 1. The summed E-state index contributed by atoms with van der Waals surface area (Å²) >= 11 is 0. The average Bonchev–Trinajstić information content (AvgIpc) is 2.03. The molecule has 0 spiro atoms. The first kappa shape index (κ1) is 9.99. The monoisotopic (exact) mass is 182 g/mol. The van der Waals surface area contributed by atoms with Crippen LogP contribution in [0.25, 0.3) is 0 Å². The highest BCUT2D eigenvalue weighted by atomic mass is 19.1. The summed E-state index contributed by atoms with van der Waals surface area (Å²) in [5.74, 6) is -0.328. The minimum atomic E-state index is -0.488. The molecule has 0 atom stereocenters. The van der Waals surface area contributed by atoms with Gasteiger partial charge < -0.3 is 0 Å². The van der Waals surface area contributed by atoms with Gasteiger partial charge >= 0.3 is 0 Å². The van der Waals surface area contributed by atoms with Crippen molar-refractivity contribution in [1.82, 2.24) is 0 Å². The van der Waals surface area contributed by atoms with Gasteiger partial charge in [-0.15, -0.1) is 0 Å². The van der Waals surface area contributed by atoms with Gasteiger partial charge in [0.15, 0.2) is 0 Å². The molecule has 0 saturated heterocycles. The van der Waals surface area contributed by atoms with Crippen molar-refractivity contribution in [1.29, 1.82) is 0 Å². The van der Waals surface area contributed by atoms with E-state index >= 15 is 0 Å². The van der Waals surface area contributed by atoms with E-state index in [1.54, 1.807) is 0 Å². The highest BCUT2D eigenvalue weighted by Crippen LogP contribution is 2.21. The molecule has 0 bridgehead atoms. The van der Waals surface area contributed by atoms with Crippen LogP contribution >= 0.6 is 0 Å². The molecule has 1 rings (SSSR count). The molecule has 0 N–H and O–H groups in total. The van der Waals surface area contributed by atoms with Gasteiger partial charge in [0.1, 0.15) is 5.82 Å². The number of anilines is 1. The van der Waals surface area contributed by atoms with Crippen LogP contribution in [0.15, 0.2) is 24.3 Å². The summed E-state index contributed by atoms with van der Waals surface area (Å²) in [4.78, 5) is 0. The zero-order chi connectivity index (χ0) is 10.1. The molecule has 1 radical (unpaired) electrons. The van der Waals surface area contributed by atoms with Crippen molar-refractivity contribution in [3.8, 4) is 0 Å². The van der Waals surface area contributed by atoms with E-state index in [1.165, 1.54) is 24.3 Å². The molecule has 0 fully saturated rings. The van der Waals surface area contributed by atoms with Gasteiger partial charge in [0.2, 0.25) is 0 Å². The van der Waals surface area contributed by atoms with Gasteiger partial charge in [0.05, 0.1) is 11.2 Å². The van der Waals surface area contributed by atoms with E-state index in [-0.39, 0.29) is 5.82 Å². The Hall–Kier alpha value is -1.09. The Labute approximate surface area is 77.6 Å². The number of halogens is 1. The van der Waals surface area contributed by atoms with Gasteiger partial charge in [-0.05, 0) is 45.0 Å². The number of benzene rings is 1. The summed E-state index contributed by atoms with van der Waals surface area (Å²) in [6.07, 6.45) is 0. The third-order valence-corrected chi connectivity index (χ3v) is 1.67. The molecule has 1 aromatic rings. The largest absolute Gasteiger partial charge is 0.215 e. The molecule has 3 heteroatoms. The Balaban J connectivity index is 2.90. The molecule has 0 unspecified atom stereocenters. The van der Waals surface area contributed by atoms with E-state index < -0.39 is 5.54 Å². The van der Waals surface area contributed by atoms with Gasteiger partial charge in [-0.2, -0.15) is 0 Å². The predicted octanol–water partition coefficient (Wildman–Crippen LogP) is 2.78. The quantitative estimate of drug-likeness (QED) is 0.612. The molecule has 0 heterocycles. The number of hydrogen-bond donors (Lipinski definition) is 0. The van der Waals surface area contributed by atoms with Crippen molar-refractivity contribution in [3.05, 3.63) is 30.1 Å². The van der Waals surface area contributed by atoms with E-state index in [9.17, 15) is 9.60 Å². The van der Waals surface area contributed by atoms with Gasteiger partial charge in [0.25, 0.3) is 0 Å². The van der Waals surface area contributed by atoms with E-state index in [0.29, 0.717) is 5.69 Å². The van der Waals surface area contributed by atoms with Crippen molar-refractivity contribution in [3.63, 3.8) is 0 Å². The average molecular weight is 182 g/mol. The molecule has 0 aromatic heterocycles. The standard InChI is InChI=1S/C10H13FNO/c1-10(2,3)12(13)9-6-4-8(11)5-7-9/h4-7H,1-3H3. The van der Waals surface area contributed by atoms with E-state index in [4.69, 9.17) is 0 Å². The Morgan fingerprint density at radius 1 is 1.15 bits per heavy atom. The van der Waals surface area contributed by atoms with Crippen LogP contribution in [-0.2, 0) is 5.21 Å². The minimum Gasteiger partial charge on any atom is -0.215 e. The fourth-order valence-electron chi connectivity index (χ4n) is 0.964. The maximum absolute atomic E-state index is 12.5. The Morgan fingerprint density at radius 2 is 1.62 bits per heavy atom. The van der Waals surface area contributed by atoms with E-state index in [2.05, 4.69) is 0 Å². The minimum absolute atomic E-state index is 0.328. The molecule has 1 aromatic carbocycles. The summed E-state index contributed by atoms with van der Waals surface area (Å²) in [7, 11) is 0. The molecule has 0 amide bonds. The van der Waals surface area contributed by atoms with Crippen molar-refractivity contribution in [2.45, 2.75) is 26.3 Å². The fraction of sp³-hybridized carbons (Fsp3) is 0.400. The van der Waals surface area contributed by atoms with Crippen LogP contribution in [0.2, 0.25) is 0 Å². The molecule has 0 saturated carbocycles. The van der Waals surface area contributed by atoms with Gasteiger partial charge in [-0.3, -0.25) is 0 Å². The molecule has 71 valence electrons. The first-order valence-corrected chi connectivity index (χ1v) is 4.14. The number of hydroxylamine groups is 1. The predicted molar refractivity (Wildman–Crippen MR) is 49.3 cm³/mol. The zero-order valence-electron chi connectivity index (χ0n) is 8.04. The SMILES string of the molecule is CC(C)(C)N([O])c1ccc(F)cc1. The van der Waals surface area contributed by atoms with E-state index in [1.807, 2.05) is 20.8 Å². The molecule has 0 aliphatic carbocycles. The first-order valence-electron chi connectivity index (χ1n) is 4.14. The highest BCUT2D eigenvalue weighted by Gasteiger charge is 2.21. The lowest BCUT2D eigenvalue weighted by molar-refractivity contribution is 0.102. The van der Waals surface area contributed by atoms with Gasteiger partial charge in [-0.1, -0.05) is 5.21 Å². The van der Waals surface area contributed by atoms with Crippen molar-refractivity contribution in [2.24, 2.45) is 0 Å². The van der Waals surface area contributed by atoms with Crippen LogP contribution in [0, 0.1) is 5.82 Å². The molecule has 0 aliphatic rings. The van der Waals surface area contributed by atoms with Gasteiger partial charge in [-0.25, -0.2) is 9.45 Å². The first-order chi connectivity index (χ1) is 5.91. The van der Waals surface area contributed by atoms with Gasteiger partial charge in [0, 0.05) is 0 Å². The van der Waals surface area contributed by atoms with Crippen LogP contribution in [0.5, 0.6) is 0 Å².